The van der Waals surface area contributed by atoms with E-state index in [1.165, 1.54) is 23.7 Å². The summed E-state index contributed by atoms with van der Waals surface area (Å²) in [6.45, 7) is 3.88. The Morgan fingerprint density at radius 3 is 2.70 bits per heavy atom. The standard InChI is InChI=1S/C25H24FN5OS/c1-32-25-22(30-33-24-5-3-2-4-20(24)26)15-18(16-29-25)17-6-7-21-19(14-17)23(8-9-28-21)31-12-10-27-11-13-31/h2-9,14-16,27,30H,10-13H2,1H3. The molecule has 0 spiro atoms. The number of anilines is 2. The van der Waals surface area contributed by atoms with E-state index in [2.05, 4.69) is 37.0 Å². The van der Waals surface area contributed by atoms with Gasteiger partial charge in [-0.1, -0.05) is 18.2 Å². The number of ether oxygens (including phenoxy) is 1. The highest BCUT2D eigenvalue weighted by atomic mass is 32.2. The van der Waals surface area contributed by atoms with Crippen LogP contribution >= 0.6 is 11.9 Å². The van der Waals surface area contributed by atoms with E-state index in [0.717, 1.165) is 48.2 Å². The quantitative estimate of drug-likeness (QED) is 0.393. The van der Waals surface area contributed by atoms with Crippen molar-refractivity contribution in [3.8, 4) is 17.0 Å². The normalized spacial score (nSPS) is 13.8. The zero-order valence-electron chi connectivity index (χ0n) is 18.2. The molecule has 3 heterocycles. The van der Waals surface area contributed by atoms with Crippen LogP contribution in [0.2, 0.25) is 0 Å². The number of nitrogens with zero attached hydrogens (tertiary/aromatic N) is 3. The number of hydrogen-bond acceptors (Lipinski definition) is 7. The molecular weight excluding hydrogens is 437 g/mol. The third-order valence-corrected chi connectivity index (χ3v) is 6.53. The molecule has 0 atom stereocenters. The molecule has 0 aliphatic carbocycles. The number of hydrogen-bond donors (Lipinski definition) is 2. The second kappa shape index (κ2) is 9.64. The number of benzene rings is 2. The van der Waals surface area contributed by atoms with Crippen molar-refractivity contribution in [3.05, 3.63) is 72.8 Å². The number of rotatable bonds is 6. The van der Waals surface area contributed by atoms with E-state index in [4.69, 9.17) is 4.74 Å². The van der Waals surface area contributed by atoms with E-state index in [-0.39, 0.29) is 5.82 Å². The highest BCUT2D eigenvalue weighted by Crippen LogP contribution is 2.35. The maximum Gasteiger partial charge on any atom is 0.237 e. The molecule has 0 amide bonds. The van der Waals surface area contributed by atoms with Crippen LogP contribution in [0.15, 0.2) is 71.9 Å². The predicted octanol–water partition coefficient (Wildman–Crippen LogP) is 4.97. The number of halogens is 1. The van der Waals surface area contributed by atoms with E-state index < -0.39 is 0 Å². The first kappa shape index (κ1) is 21.5. The molecule has 33 heavy (non-hydrogen) atoms. The molecule has 0 radical (unpaired) electrons. The molecule has 6 nitrogen and oxygen atoms in total. The van der Waals surface area contributed by atoms with Crippen molar-refractivity contribution >= 4 is 34.2 Å². The van der Waals surface area contributed by atoms with Gasteiger partial charge in [0.15, 0.2) is 0 Å². The van der Waals surface area contributed by atoms with Crippen molar-refractivity contribution in [2.45, 2.75) is 4.90 Å². The largest absolute Gasteiger partial charge is 0.480 e. The van der Waals surface area contributed by atoms with Gasteiger partial charge < -0.3 is 19.7 Å². The minimum atomic E-state index is -0.277. The van der Waals surface area contributed by atoms with Crippen LogP contribution in [-0.4, -0.2) is 43.3 Å². The van der Waals surface area contributed by atoms with Crippen molar-refractivity contribution in [1.29, 1.82) is 0 Å². The molecule has 168 valence electrons. The molecule has 4 aromatic rings. The fourth-order valence-electron chi connectivity index (χ4n) is 3.98. The zero-order chi connectivity index (χ0) is 22.6. The van der Waals surface area contributed by atoms with Crippen LogP contribution < -0.4 is 19.7 Å². The smallest absolute Gasteiger partial charge is 0.237 e. The maximum atomic E-state index is 14.0. The Labute approximate surface area is 196 Å². The van der Waals surface area contributed by atoms with Crippen LogP contribution in [0.25, 0.3) is 22.0 Å². The van der Waals surface area contributed by atoms with Crippen molar-refractivity contribution in [2.24, 2.45) is 0 Å². The summed E-state index contributed by atoms with van der Waals surface area (Å²) in [6.07, 6.45) is 3.66. The number of nitrogens with one attached hydrogen (secondary N) is 2. The van der Waals surface area contributed by atoms with Gasteiger partial charge >= 0.3 is 0 Å². The van der Waals surface area contributed by atoms with Gasteiger partial charge in [0.1, 0.15) is 11.5 Å². The molecule has 1 saturated heterocycles. The van der Waals surface area contributed by atoms with E-state index in [9.17, 15) is 4.39 Å². The average Bonchev–Trinajstić information content (AvgIpc) is 2.88. The lowest BCUT2D eigenvalue weighted by molar-refractivity contribution is 0.400. The number of methoxy groups -OCH3 is 1. The Morgan fingerprint density at radius 2 is 1.88 bits per heavy atom. The van der Waals surface area contributed by atoms with Gasteiger partial charge in [0, 0.05) is 55.2 Å². The average molecular weight is 462 g/mol. The monoisotopic (exact) mass is 461 g/mol. The second-order valence-electron chi connectivity index (χ2n) is 7.71. The third kappa shape index (κ3) is 4.58. The molecule has 1 aliphatic heterocycles. The van der Waals surface area contributed by atoms with E-state index in [1.807, 2.05) is 24.4 Å². The Morgan fingerprint density at radius 1 is 1.03 bits per heavy atom. The first-order valence-corrected chi connectivity index (χ1v) is 11.6. The molecule has 2 N–H and O–H groups in total. The summed E-state index contributed by atoms with van der Waals surface area (Å²) in [4.78, 5) is 11.9. The van der Waals surface area contributed by atoms with Gasteiger partial charge in [-0.25, -0.2) is 9.37 Å². The predicted molar refractivity (Wildman–Crippen MR) is 132 cm³/mol. The van der Waals surface area contributed by atoms with Gasteiger partial charge in [0.25, 0.3) is 0 Å². The maximum absolute atomic E-state index is 14.0. The molecule has 2 aromatic heterocycles. The lowest BCUT2D eigenvalue weighted by atomic mass is 10.0. The minimum absolute atomic E-state index is 0.277. The summed E-state index contributed by atoms with van der Waals surface area (Å²) in [5.41, 5.74) is 4.80. The zero-order valence-corrected chi connectivity index (χ0v) is 19.0. The highest BCUT2D eigenvalue weighted by Gasteiger charge is 2.15. The van der Waals surface area contributed by atoms with Gasteiger partial charge in [-0.15, -0.1) is 0 Å². The van der Waals surface area contributed by atoms with Gasteiger partial charge in [0.05, 0.1) is 17.5 Å². The Bertz CT molecular complexity index is 1280. The Hall–Kier alpha value is -3.36. The van der Waals surface area contributed by atoms with E-state index in [1.54, 1.807) is 31.5 Å². The SMILES string of the molecule is COc1ncc(-c2ccc3nccc(N4CCNCC4)c3c2)cc1NSc1ccccc1F. The molecule has 8 heteroatoms. The van der Waals surface area contributed by atoms with Gasteiger partial charge in [-0.05, 0) is 53.9 Å². The first-order valence-electron chi connectivity index (χ1n) is 10.8. The summed E-state index contributed by atoms with van der Waals surface area (Å²) in [5, 5.41) is 4.52. The van der Waals surface area contributed by atoms with Crippen molar-refractivity contribution in [3.63, 3.8) is 0 Å². The summed E-state index contributed by atoms with van der Waals surface area (Å²) in [6, 6.07) is 17.0. The summed E-state index contributed by atoms with van der Waals surface area (Å²) in [7, 11) is 1.57. The third-order valence-electron chi connectivity index (χ3n) is 5.66. The molecule has 1 fully saturated rings. The van der Waals surface area contributed by atoms with Gasteiger partial charge in [-0.2, -0.15) is 0 Å². The lowest BCUT2D eigenvalue weighted by Gasteiger charge is -2.30. The fraction of sp³-hybridized carbons (Fsp3) is 0.200. The molecule has 2 aromatic carbocycles. The Kier molecular flexibility index (Phi) is 6.28. The molecule has 5 rings (SSSR count). The topological polar surface area (TPSA) is 62.3 Å². The lowest BCUT2D eigenvalue weighted by Crippen LogP contribution is -2.43. The van der Waals surface area contributed by atoms with Crippen LogP contribution in [0, 0.1) is 5.82 Å². The fourth-order valence-corrected chi connectivity index (χ4v) is 4.65. The van der Waals surface area contributed by atoms with Crippen LogP contribution in [0.1, 0.15) is 0 Å². The van der Waals surface area contributed by atoms with Crippen molar-refractivity contribution < 1.29 is 9.13 Å². The summed E-state index contributed by atoms with van der Waals surface area (Å²) < 4.78 is 22.7. The van der Waals surface area contributed by atoms with Crippen LogP contribution in [-0.2, 0) is 0 Å². The molecule has 1 aliphatic rings. The summed E-state index contributed by atoms with van der Waals surface area (Å²) in [5.74, 6) is 0.173. The first-order chi connectivity index (χ1) is 16.2. The highest BCUT2D eigenvalue weighted by molar-refractivity contribution is 8.00. The number of aromatic nitrogens is 2. The molecule has 0 saturated carbocycles. The van der Waals surface area contributed by atoms with Crippen molar-refractivity contribution in [2.75, 3.05) is 42.9 Å². The molecular formula is C25H24FN5OS. The van der Waals surface area contributed by atoms with Gasteiger partial charge in [-0.3, -0.25) is 4.98 Å². The number of pyridine rings is 2. The molecule has 0 unspecified atom stereocenters. The van der Waals surface area contributed by atoms with E-state index in [0.29, 0.717) is 16.5 Å². The minimum Gasteiger partial charge on any atom is -0.480 e. The number of piperazine rings is 1. The van der Waals surface area contributed by atoms with Crippen LogP contribution in [0.5, 0.6) is 5.88 Å². The Balaban J connectivity index is 1.49. The second-order valence-corrected chi connectivity index (χ2v) is 8.56. The number of fused-ring (bicyclic) bond motifs is 1. The van der Waals surface area contributed by atoms with Crippen LogP contribution in [0.4, 0.5) is 15.8 Å². The van der Waals surface area contributed by atoms with Gasteiger partial charge in [0.2, 0.25) is 5.88 Å². The van der Waals surface area contributed by atoms with Crippen molar-refractivity contribution in [1.82, 2.24) is 15.3 Å². The van der Waals surface area contributed by atoms with Crippen LogP contribution in [0.3, 0.4) is 0 Å². The molecule has 0 bridgehead atoms. The summed E-state index contributed by atoms with van der Waals surface area (Å²) >= 11 is 1.19. The van der Waals surface area contributed by atoms with E-state index >= 15 is 0 Å².